The normalized spacial score (nSPS) is 17.5. The Bertz CT molecular complexity index is 448. The van der Waals surface area contributed by atoms with Gasteiger partial charge in [-0.3, -0.25) is 0 Å². The standard InChI is InChI=1S/C13H19F2N3S/c1-16-11-9(14)7-10(15)12(18-11)17-8-13(19-2)5-3-4-6-13/h7H,3-6,8H2,1-2H3,(H2,16,17,18). The van der Waals surface area contributed by atoms with Crippen LogP contribution in [0.5, 0.6) is 0 Å². The third-order valence-corrected chi connectivity index (χ3v) is 5.11. The van der Waals surface area contributed by atoms with Crippen molar-refractivity contribution in [2.75, 3.05) is 30.5 Å². The van der Waals surface area contributed by atoms with Crippen LogP contribution in [0.25, 0.3) is 0 Å². The fourth-order valence-electron chi connectivity index (χ4n) is 2.48. The average molecular weight is 287 g/mol. The number of aromatic nitrogens is 1. The van der Waals surface area contributed by atoms with Gasteiger partial charge in [0.2, 0.25) is 0 Å². The molecular formula is C13H19F2N3S. The Morgan fingerprint density at radius 3 is 2.47 bits per heavy atom. The van der Waals surface area contributed by atoms with Gasteiger partial charge in [0.15, 0.2) is 23.3 Å². The molecule has 1 saturated carbocycles. The maximum absolute atomic E-state index is 13.7. The highest BCUT2D eigenvalue weighted by Gasteiger charge is 2.33. The molecule has 0 saturated heterocycles. The summed E-state index contributed by atoms with van der Waals surface area (Å²) in [6.45, 7) is 0.660. The van der Waals surface area contributed by atoms with Gasteiger partial charge in [-0.15, -0.1) is 0 Å². The van der Waals surface area contributed by atoms with Gasteiger partial charge < -0.3 is 10.6 Å². The Labute approximate surface area is 116 Å². The van der Waals surface area contributed by atoms with Crippen LogP contribution in [-0.2, 0) is 0 Å². The third kappa shape index (κ3) is 3.11. The predicted octanol–water partition coefficient (Wildman–Crippen LogP) is 3.49. The van der Waals surface area contributed by atoms with Crippen LogP contribution in [0, 0.1) is 11.6 Å². The van der Waals surface area contributed by atoms with Crippen molar-refractivity contribution >= 4 is 23.4 Å². The van der Waals surface area contributed by atoms with Crippen LogP contribution in [0.4, 0.5) is 20.4 Å². The first-order valence-corrected chi connectivity index (χ1v) is 7.65. The highest BCUT2D eigenvalue weighted by atomic mass is 32.2. The molecule has 106 valence electrons. The van der Waals surface area contributed by atoms with Crippen LogP contribution in [-0.4, -0.2) is 29.6 Å². The summed E-state index contributed by atoms with van der Waals surface area (Å²) in [5, 5.41) is 5.65. The zero-order valence-corrected chi connectivity index (χ0v) is 12.0. The molecule has 1 fully saturated rings. The number of pyridine rings is 1. The number of nitrogens with zero attached hydrogens (tertiary/aromatic N) is 1. The minimum absolute atomic E-state index is 0.0634. The van der Waals surface area contributed by atoms with Crippen LogP contribution in [0.15, 0.2) is 6.07 Å². The lowest BCUT2D eigenvalue weighted by molar-refractivity contribution is 0.574. The summed E-state index contributed by atoms with van der Waals surface area (Å²) in [5.74, 6) is -1.14. The second-order valence-corrected chi connectivity index (χ2v) is 6.12. The first kappa shape index (κ1) is 14.4. The molecule has 1 aliphatic carbocycles. The number of hydrogen-bond donors (Lipinski definition) is 2. The molecule has 1 aromatic rings. The van der Waals surface area contributed by atoms with E-state index in [0.717, 1.165) is 18.9 Å². The first-order valence-electron chi connectivity index (χ1n) is 6.43. The highest BCUT2D eigenvalue weighted by Crippen LogP contribution is 2.40. The minimum Gasteiger partial charge on any atom is -0.371 e. The lowest BCUT2D eigenvalue weighted by Crippen LogP contribution is -2.30. The molecule has 19 heavy (non-hydrogen) atoms. The van der Waals surface area contributed by atoms with Gasteiger partial charge in [-0.2, -0.15) is 11.8 Å². The Morgan fingerprint density at radius 1 is 1.26 bits per heavy atom. The molecule has 1 aromatic heterocycles. The number of halogens is 2. The van der Waals surface area contributed by atoms with Gasteiger partial charge in [0.1, 0.15) is 0 Å². The lowest BCUT2D eigenvalue weighted by atomic mass is 10.1. The van der Waals surface area contributed by atoms with E-state index in [-0.39, 0.29) is 16.4 Å². The van der Waals surface area contributed by atoms with Crippen molar-refractivity contribution in [1.82, 2.24) is 4.98 Å². The Balaban J connectivity index is 2.10. The van der Waals surface area contributed by atoms with Crippen LogP contribution >= 0.6 is 11.8 Å². The van der Waals surface area contributed by atoms with E-state index in [1.165, 1.54) is 12.8 Å². The molecule has 0 aromatic carbocycles. The van der Waals surface area contributed by atoms with E-state index in [1.807, 2.05) is 11.8 Å². The SMILES string of the molecule is CNc1nc(NCC2(SC)CCCC2)c(F)cc1F. The van der Waals surface area contributed by atoms with E-state index in [2.05, 4.69) is 21.9 Å². The van der Waals surface area contributed by atoms with E-state index >= 15 is 0 Å². The number of hydrogen-bond acceptors (Lipinski definition) is 4. The summed E-state index contributed by atoms with van der Waals surface area (Å²) < 4.78 is 27.1. The maximum atomic E-state index is 13.7. The van der Waals surface area contributed by atoms with Crippen molar-refractivity contribution in [1.29, 1.82) is 0 Å². The largest absolute Gasteiger partial charge is 0.371 e. The van der Waals surface area contributed by atoms with Crippen LogP contribution < -0.4 is 10.6 Å². The van der Waals surface area contributed by atoms with Crippen LogP contribution in [0.2, 0.25) is 0 Å². The van der Waals surface area contributed by atoms with E-state index in [4.69, 9.17) is 0 Å². The fourth-order valence-corrected chi connectivity index (χ4v) is 3.40. The van der Waals surface area contributed by atoms with Gasteiger partial charge in [-0.1, -0.05) is 12.8 Å². The van der Waals surface area contributed by atoms with Gasteiger partial charge in [-0.25, -0.2) is 13.8 Å². The monoisotopic (exact) mass is 287 g/mol. The molecule has 1 aliphatic rings. The van der Waals surface area contributed by atoms with Crippen molar-refractivity contribution in [3.8, 4) is 0 Å². The Hall–Kier alpha value is -1.04. The summed E-state index contributed by atoms with van der Waals surface area (Å²) >= 11 is 1.82. The fraction of sp³-hybridized carbons (Fsp3) is 0.615. The summed E-state index contributed by atoms with van der Waals surface area (Å²) in [6, 6.07) is 0.863. The Kier molecular flexibility index (Phi) is 4.50. The van der Waals surface area contributed by atoms with E-state index in [0.29, 0.717) is 6.54 Å². The van der Waals surface area contributed by atoms with Crippen molar-refractivity contribution < 1.29 is 8.78 Å². The second-order valence-electron chi connectivity index (χ2n) is 4.85. The minimum atomic E-state index is -0.675. The Morgan fingerprint density at radius 2 is 1.89 bits per heavy atom. The molecule has 0 unspecified atom stereocenters. The number of nitrogens with one attached hydrogen (secondary N) is 2. The molecule has 0 bridgehead atoms. The maximum Gasteiger partial charge on any atom is 0.168 e. The van der Waals surface area contributed by atoms with Crippen LogP contribution in [0.3, 0.4) is 0 Å². The van der Waals surface area contributed by atoms with Crippen molar-refractivity contribution in [3.05, 3.63) is 17.7 Å². The van der Waals surface area contributed by atoms with Gasteiger partial charge in [0, 0.05) is 24.4 Å². The number of anilines is 2. The molecule has 0 amide bonds. The lowest BCUT2D eigenvalue weighted by Gasteiger charge is -2.27. The van der Waals surface area contributed by atoms with E-state index in [1.54, 1.807) is 7.05 Å². The van der Waals surface area contributed by atoms with E-state index < -0.39 is 11.6 Å². The molecule has 3 nitrogen and oxygen atoms in total. The van der Waals surface area contributed by atoms with Gasteiger partial charge in [0.05, 0.1) is 0 Å². The van der Waals surface area contributed by atoms with Crippen molar-refractivity contribution in [2.24, 2.45) is 0 Å². The quantitative estimate of drug-likeness (QED) is 0.869. The van der Waals surface area contributed by atoms with Gasteiger partial charge in [0.25, 0.3) is 0 Å². The molecule has 2 rings (SSSR count). The molecule has 2 N–H and O–H groups in total. The predicted molar refractivity (Wildman–Crippen MR) is 76.9 cm³/mol. The molecule has 0 spiro atoms. The van der Waals surface area contributed by atoms with Crippen molar-refractivity contribution in [3.63, 3.8) is 0 Å². The average Bonchev–Trinajstić information content (AvgIpc) is 2.87. The van der Waals surface area contributed by atoms with E-state index in [9.17, 15) is 8.78 Å². The van der Waals surface area contributed by atoms with Gasteiger partial charge in [-0.05, 0) is 19.1 Å². The zero-order valence-electron chi connectivity index (χ0n) is 11.2. The summed E-state index contributed by atoms with van der Waals surface area (Å²) in [5.41, 5.74) is 0. The molecule has 0 atom stereocenters. The van der Waals surface area contributed by atoms with Gasteiger partial charge >= 0.3 is 0 Å². The molecule has 0 radical (unpaired) electrons. The molecule has 6 heteroatoms. The summed E-state index contributed by atoms with van der Waals surface area (Å²) in [7, 11) is 1.56. The van der Waals surface area contributed by atoms with Crippen LogP contribution in [0.1, 0.15) is 25.7 Å². The smallest absolute Gasteiger partial charge is 0.168 e. The second kappa shape index (κ2) is 5.94. The first-order chi connectivity index (χ1) is 9.10. The zero-order chi connectivity index (χ0) is 13.9. The summed E-state index contributed by atoms with van der Waals surface area (Å²) in [4.78, 5) is 3.94. The molecule has 1 heterocycles. The molecular weight excluding hydrogens is 268 g/mol. The topological polar surface area (TPSA) is 37.0 Å². The van der Waals surface area contributed by atoms with Crippen molar-refractivity contribution in [2.45, 2.75) is 30.4 Å². The number of thioether (sulfide) groups is 1. The summed E-state index contributed by atoms with van der Waals surface area (Å²) in [6.07, 6.45) is 6.76. The highest BCUT2D eigenvalue weighted by molar-refractivity contribution is 8.00. The molecule has 0 aliphatic heterocycles. The third-order valence-electron chi connectivity index (χ3n) is 3.69. The number of rotatable bonds is 5.